The summed E-state index contributed by atoms with van der Waals surface area (Å²) >= 11 is 1.46. The van der Waals surface area contributed by atoms with E-state index in [1.165, 1.54) is 31.0 Å². The third kappa shape index (κ3) is 3.58. The van der Waals surface area contributed by atoms with Gasteiger partial charge in [-0.2, -0.15) is 5.10 Å². The van der Waals surface area contributed by atoms with Crippen LogP contribution in [0.3, 0.4) is 0 Å². The van der Waals surface area contributed by atoms with Crippen LogP contribution in [0, 0.1) is 5.92 Å². The van der Waals surface area contributed by atoms with E-state index in [1.54, 1.807) is 6.20 Å². The molecule has 1 aromatic heterocycles. The van der Waals surface area contributed by atoms with Gasteiger partial charge >= 0.3 is 0 Å². The second kappa shape index (κ2) is 7.09. The molecule has 1 amide bonds. The highest BCUT2D eigenvalue weighted by Crippen LogP contribution is 2.26. The molecule has 0 bridgehead atoms. The third-order valence-electron chi connectivity index (χ3n) is 4.33. The van der Waals surface area contributed by atoms with Crippen molar-refractivity contribution < 1.29 is 4.79 Å². The molecule has 2 aromatic rings. The molecule has 1 heterocycles. The Morgan fingerprint density at radius 3 is 3.00 bits per heavy atom. The van der Waals surface area contributed by atoms with Gasteiger partial charge in [-0.05, 0) is 18.8 Å². The highest BCUT2D eigenvalue weighted by Gasteiger charge is 2.22. The Bertz CT molecular complexity index is 656. The van der Waals surface area contributed by atoms with Gasteiger partial charge in [0.15, 0.2) is 0 Å². The van der Waals surface area contributed by atoms with Gasteiger partial charge in [0.05, 0.1) is 11.9 Å². The van der Waals surface area contributed by atoms with Crippen LogP contribution in [-0.4, -0.2) is 27.9 Å². The molecule has 0 spiro atoms. The van der Waals surface area contributed by atoms with Gasteiger partial charge in [-0.15, -0.1) is 5.10 Å². The Morgan fingerprint density at radius 1 is 1.32 bits per heavy atom. The quantitative estimate of drug-likeness (QED) is 0.878. The zero-order valence-electron chi connectivity index (χ0n) is 12.8. The number of carbonyl (C=O) groups is 1. The van der Waals surface area contributed by atoms with Crippen LogP contribution in [0.1, 0.15) is 32.6 Å². The number of hydrogen-bond acceptors (Lipinski definition) is 4. The molecule has 1 N–H and O–H groups in total. The number of rotatable bonds is 4. The molecule has 1 saturated carbocycles. The summed E-state index contributed by atoms with van der Waals surface area (Å²) < 4.78 is 0. The molecule has 2 atom stereocenters. The molecular weight excluding hydrogens is 294 g/mol. The minimum atomic E-state index is 0.0958. The number of amides is 1. The van der Waals surface area contributed by atoms with Gasteiger partial charge < -0.3 is 5.32 Å². The fourth-order valence-corrected chi connectivity index (χ4v) is 3.82. The first-order valence-electron chi connectivity index (χ1n) is 7.86. The second-order valence-corrected chi connectivity index (χ2v) is 6.93. The van der Waals surface area contributed by atoms with Gasteiger partial charge in [0.25, 0.3) is 0 Å². The fourth-order valence-electron chi connectivity index (χ4n) is 3.02. The van der Waals surface area contributed by atoms with Crippen LogP contribution in [0.25, 0.3) is 10.8 Å². The molecule has 0 saturated heterocycles. The van der Waals surface area contributed by atoms with Crippen molar-refractivity contribution in [2.45, 2.75) is 43.7 Å². The lowest BCUT2D eigenvalue weighted by Crippen LogP contribution is -2.41. The summed E-state index contributed by atoms with van der Waals surface area (Å²) in [6, 6.07) is 8.33. The summed E-state index contributed by atoms with van der Waals surface area (Å²) in [7, 11) is 0. The number of nitrogens with zero attached hydrogens (tertiary/aromatic N) is 2. The number of hydrogen-bond donors (Lipinski definition) is 1. The Labute approximate surface area is 135 Å². The van der Waals surface area contributed by atoms with Crippen molar-refractivity contribution in [3.63, 3.8) is 0 Å². The van der Waals surface area contributed by atoms with E-state index in [-0.39, 0.29) is 5.91 Å². The molecule has 5 heteroatoms. The average Bonchev–Trinajstić information content (AvgIpc) is 2.55. The maximum Gasteiger partial charge on any atom is 0.230 e. The van der Waals surface area contributed by atoms with E-state index < -0.39 is 0 Å². The number of carbonyl (C=O) groups excluding carboxylic acids is 1. The normalized spacial score (nSPS) is 21.7. The van der Waals surface area contributed by atoms with E-state index in [0.29, 0.717) is 17.7 Å². The SMILES string of the molecule is CC1CCCCC1NC(=O)CSc1nncc2ccccc12. The maximum atomic E-state index is 12.2. The number of nitrogens with one attached hydrogen (secondary N) is 1. The molecule has 22 heavy (non-hydrogen) atoms. The summed E-state index contributed by atoms with van der Waals surface area (Å²) in [6.45, 7) is 2.23. The van der Waals surface area contributed by atoms with Gasteiger partial charge in [0.2, 0.25) is 5.91 Å². The summed E-state index contributed by atoms with van der Waals surface area (Å²) in [4.78, 5) is 12.2. The van der Waals surface area contributed by atoms with E-state index in [9.17, 15) is 4.79 Å². The number of aromatic nitrogens is 2. The van der Waals surface area contributed by atoms with Crippen LogP contribution in [-0.2, 0) is 4.79 Å². The standard InChI is InChI=1S/C17H21N3OS/c1-12-6-2-5-9-15(12)19-16(21)11-22-17-14-8-4-3-7-13(14)10-18-20-17/h3-4,7-8,10,12,15H,2,5-6,9,11H2,1H3,(H,19,21). The average molecular weight is 315 g/mol. The van der Waals surface area contributed by atoms with E-state index >= 15 is 0 Å². The van der Waals surface area contributed by atoms with Crippen LogP contribution >= 0.6 is 11.8 Å². The van der Waals surface area contributed by atoms with Crippen molar-refractivity contribution in [3.8, 4) is 0 Å². The smallest absolute Gasteiger partial charge is 0.230 e. The minimum Gasteiger partial charge on any atom is -0.352 e. The van der Waals surface area contributed by atoms with Crippen LogP contribution in [0.4, 0.5) is 0 Å². The van der Waals surface area contributed by atoms with Crippen molar-refractivity contribution in [3.05, 3.63) is 30.5 Å². The van der Waals surface area contributed by atoms with Gasteiger partial charge in [-0.25, -0.2) is 0 Å². The number of fused-ring (bicyclic) bond motifs is 1. The molecule has 0 aliphatic heterocycles. The first kappa shape index (κ1) is 15.3. The lowest BCUT2D eigenvalue weighted by Gasteiger charge is -2.29. The molecule has 4 nitrogen and oxygen atoms in total. The first-order valence-corrected chi connectivity index (χ1v) is 8.85. The molecule has 1 aliphatic rings. The highest BCUT2D eigenvalue weighted by molar-refractivity contribution is 8.00. The Kier molecular flexibility index (Phi) is 4.93. The molecule has 1 aromatic carbocycles. The predicted molar refractivity (Wildman–Crippen MR) is 89.8 cm³/mol. The van der Waals surface area contributed by atoms with Crippen LogP contribution in [0.15, 0.2) is 35.5 Å². The predicted octanol–water partition coefficient (Wildman–Crippen LogP) is 3.42. The lowest BCUT2D eigenvalue weighted by atomic mass is 9.86. The summed E-state index contributed by atoms with van der Waals surface area (Å²) in [5, 5.41) is 14.3. The number of benzene rings is 1. The van der Waals surface area contributed by atoms with Crippen molar-refractivity contribution in [2.75, 3.05) is 5.75 Å². The van der Waals surface area contributed by atoms with Crippen molar-refractivity contribution in [1.29, 1.82) is 0 Å². The Hall–Kier alpha value is -1.62. The maximum absolute atomic E-state index is 12.2. The Morgan fingerprint density at radius 2 is 2.14 bits per heavy atom. The third-order valence-corrected chi connectivity index (χ3v) is 5.32. The van der Waals surface area contributed by atoms with Crippen LogP contribution < -0.4 is 5.32 Å². The van der Waals surface area contributed by atoms with Gasteiger partial charge in [-0.1, -0.05) is 55.8 Å². The van der Waals surface area contributed by atoms with E-state index in [4.69, 9.17) is 0 Å². The van der Waals surface area contributed by atoms with Crippen molar-refractivity contribution in [1.82, 2.24) is 15.5 Å². The van der Waals surface area contributed by atoms with Crippen molar-refractivity contribution >= 4 is 28.4 Å². The number of thioether (sulfide) groups is 1. The van der Waals surface area contributed by atoms with Crippen LogP contribution in [0.5, 0.6) is 0 Å². The monoisotopic (exact) mass is 315 g/mol. The van der Waals surface area contributed by atoms with Crippen LogP contribution in [0.2, 0.25) is 0 Å². The summed E-state index contributed by atoms with van der Waals surface area (Å²) in [6.07, 6.45) is 6.58. The van der Waals surface area contributed by atoms with Crippen molar-refractivity contribution in [2.24, 2.45) is 5.92 Å². The Balaban J connectivity index is 1.60. The zero-order chi connectivity index (χ0) is 15.4. The molecule has 1 aliphatic carbocycles. The zero-order valence-corrected chi connectivity index (χ0v) is 13.6. The molecule has 116 valence electrons. The lowest BCUT2D eigenvalue weighted by molar-refractivity contribution is -0.119. The second-order valence-electron chi connectivity index (χ2n) is 5.96. The topological polar surface area (TPSA) is 54.9 Å². The fraction of sp³-hybridized carbons (Fsp3) is 0.471. The van der Waals surface area contributed by atoms with E-state index in [0.717, 1.165) is 22.2 Å². The van der Waals surface area contributed by atoms with Gasteiger partial charge in [0.1, 0.15) is 5.03 Å². The molecule has 2 unspecified atom stereocenters. The van der Waals surface area contributed by atoms with E-state index in [1.807, 2.05) is 24.3 Å². The molecular formula is C17H21N3OS. The summed E-state index contributed by atoms with van der Waals surface area (Å²) in [5.41, 5.74) is 0. The summed E-state index contributed by atoms with van der Waals surface area (Å²) in [5.74, 6) is 1.07. The first-order chi connectivity index (χ1) is 10.7. The van der Waals surface area contributed by atoms with Gasteiger partial charge in [-0.3, -0.25) is 4.79 Å². The molecule has 1 fully saturated rings. The molecule has 0 radical (unpaired) electrons. The minimum absolute atomic E-state index is 0.0958. The largest absolute Gasteiger partial charge is 0.352 e. The highest BCUT2D eigenvalue weighted by atomic mass is 32.2. The van der Waals surface area contributed by atoms with E-state index in [2.05, 4.69) is 22.4 Å². The van der Waals surface area contributed by atoms with Gasteiger partial charge in [0, 0.05) is 16.8 Å². The molecule has 3 rings (SSSR count).